The first kappa shape index (κ1) is 28.3. The summed E-state index contributed by atoms with van der Waals surface area (Å²) in [6, 6.07) is 4.84. The Labute approximate surface area is 197 Å². The molecule has 2 N–H and O–H groups in total. The number of ether oxygens (including phenoxy) is 3. The third kappa shape index (κ3) is 14.1. The average molecular weight is 467 g/mol. The number of nitrogens with one attached hydrogen (secondary N) is 2. The second kappa shape index (κ2) is 13.7. The molecular formula is C25H39FN2O5. The highest BCUT2D eigenvalue weighted by atomic mass is 19.1. The topological polar surface area (TPSA) is 85.9 Å². The highest BCUT2D eigenvalue weighted by Gasteiger charge is 2.19. The Hall–Kier alpha value is -2.77. The van der Waals surface area contributed by atoms with E-state index in [1.807, 2.05) is 6.08 Å². The van der Waals surface area contributed by atoms with E-state index < -0.39 is 23.4 Å². The molecule has 7 nitrogen and oxygen atoms in total. The second-order valence-corrected chi connectivity index (χ2v) is 9.70. The molecule has 2 amide bonds. The molecule has 0 unspecified atom stereocenters. The van der Waals surface area contributed by atoms with Gasteiger partial charge in [-0.15, -0.1) is 0 Å². The van der Waals surface area contributed by atoms with E-state index in [0.29, 0.717) is 23.5 Å². The molecule has 0 saturated heterocycles. The maximum Gasteiger partial charge on any atom is 0.412 e. The number of benzene rings is 1. The minimum atomic E-state index is -0.645. The van der Waals surface area contributed by atoms with Crippen molar-refractivity contribution in [3.63, 3.8) is 0 Å². The summed E-state index contributed by atoms with van der Waals surface area (Å²) in [5.41, 5.74) is -0.422. The monoisotopic (exact) mass is 466 g/mol. The summed E-state index contributed by atoms with van der Waals surface area (Å²) in [5, 5.41) is 5.33. The molecule has 0 heterocycles. The van der Waals surface area contributed by atoms with Gasteiger partial charge in [-0.3, -0.25) is 15.0 Å². The zero-order valence-electron chi connectivity index (χ0n) is 20.8. The van der Waals surface area contributed by atoms with Crippen LogP contribution in [0, 0.1) is 0 Å². The largest absolute Gasteiger partial charge is 0.463 e. The van der Waals surface area contributed by atoms with Gasteiger partial charge in [0, 0.05) is 11.8 Å². The van der Waals surface area contributed by atoms with E-state index in [2.05, 4.69) is 10.6 Å². The van der Waals surface area contributed by atoms with Gasteiger partial charge in [-0.2, -0.15) is 0 Å². The number of unbranched alkanes of at least 4 members (excludes halogenated alkanes) is 5. The molecule has 1 rings (SSSR count). The Morgan fingerprint density at radius 3 is 2.06 bits per heavy atom. The molecule has 1 aromatic rings. The predicted molar refractivity (Wildman–Crippen MR) is 130 cm³/mol. The summed E-state index contributed by atoms with van der Waals surface area (Å²) in [4.78, 5) is 24.3. The molecule has 0 bridgehead atoms. The van der Waals surface area contributed by atoms with Gasteiger partial charge in [0.05, 0.1) is 18.6 Å². The zero-order valence-corrected chi connectivity index (χ0v) is 20.8. The molecule has 0 aromatic heterocycles. The molecule has 8 heteroatoms. The van der Waals surface area contributed by atoms with E-state index >= 15 is 0 Å². The van der Waals surface area contributed by atoms with E-state index in [-0.39, 0.29) is 6.67 Å². The molecule has 1 aromatic carbocycles. The lowest BCUT2D eigenvalue weighted by molar-refractivity contribution is 0.0623. The Morgan fingerprint density at radius 1 is 0.879 bits per heavy atom. The fourth-order valence-electron chi connectivity index (χ4n) is 2.71. The van der Waals surface area contributed by atoms with Crippen molar-refractivity contribution in [3.05, 3.63) is 30.5 Å². The van der Waals surface area contributed by atoms with Crippen molar-refractivity contribution in [2.75, 3.05) is 17.3 Å². The Kier molecular flexibility index (Phi) is 11.7. The third-order valence-corrected chi connectivity index (χ3v) is 4.06. The second-order valence-electron chi connectivity index (χ2n) is 9.70. The van der Waals surface area contributed by atoms with Crippen LogP contribution in [0.4, 0.5) is 25.4 Å². The van der Waals surface area contributed by atoms with Crippen LogP contribution in [0.15, 0.2) is 30.5 Å². The van der Waals surface area contributed by atoms with E-state index in [1.54, 1.807) is 66.0 Å². The maximum atomic E-state index is 12.2. The Bertz CT molecular complexity index is 782. The number of rotatable bonds is 11. The number of allylic oxidation sites excluding steroid dienone is 1. The van der Waals surface area contributed by atoms with Crippen LogP contribution in [0.3, 0.4) is 0 Å². The maximum absolute atomic E-state index is 12.2. The van der Waals surface area contributed by atoms with E-state index in [4.69, 9.17) is 14.2 Å². The first-order valence-corrected chi connectivity index (χ1v) is 11.4. The normalized spacial score (nSPS) is 11.8. The van der Waals surface area contributed by atoms with Crippen LogP contribution in [0.2, 0.25) is 0 Å². The van der Waals surface area contributed by atoms with Crippen molar-refractivity contribution in [2.24, 2.45) is 0 Å². The molecular weight excluding hydrogens is 427 g/mol. The van der Waals surface area contributed by atoms with Crippen molar-refractivity contribution in [1.29, 1.82) is 0 Å². The van der Waals surface area contributed by atoms with Crippen LogP contribution >= 0.6 is 0 Å². The van der Waals surface area contributed by atoms with Crippen molar-refractivity contribution in [2.45, 2.75) is 91.3 Å². The fraction of sp³-hybridized carbons (Fsp3) is 0.600. The van der Waals surface area contributed by atoms with Crippen LogP contribution in [-0.4, -0.2) is 30.1 Å². The van der Waals surface area contributed by atoms with Crippen molar-refractivity contribution in [3.8, 4) is 5.75 Å². The summed E-state index contributed by atoms with van der Waals surface area (Å²) in [7, 11) is 0. The smallest absolute Gasteiger partial charge is 0.412 e. The molecule has 0 spiro atoms. The lowest BCUT2D eigenvalue weighted by Gasteiger charge is -2.21. The molecule has 0 aliphatic rings. The minimum Gasteiger partial charge on any atom is -0.463 e. The van der Waals surface area contributed by atoms with Crippen LogP contribution in [0.1, 0.15) is 80.1 Å². The molecule has 186 valence electrons. The number of hydrogen-bond acceptors (Lipinski definition) is 5. The van der Waals surface area contributed by atoms with Gasteiger partial charge in [-0.1, -0.05) is 19.3 Å². The SMILES string of the molecule is CC(C)(C)OC(=O)Nc1ccc(NC(=O)OC(C)(C)C)c(OC=CCCCCCCCF)c1. The highest BCUT2D eigenvalue weighted by Crippen LogP contribution is 2.29. The third-order valence-electron chi connectivity index (χ3n) is 4.06. The number of amides is 2. The molecule has 0 radical (unpaired) electrons. The van der Waals surface area contributed by atoms with Gasteiger partial charge in [-0.25, -0.2) is 9.59 Å². The summed E-state index contributed by atoms with van der Waals surface area (Å²) in [6.45, 7) is 10.4. The summed E-state index contributed by atoms with van der Waals surface area (Å²) in [5.74, 6) is 0.341. The standard InChI is InChI=1S/C25H39FN2O5/c1-24(2,3)32-22(29)27-19-14-15-20(28-23(30)33-25(4,5)6)21(18-19)31-17-13-11-9-7-8-10-12-16-26/h13-15,17-18H,7-12,16H2,1-6H3,(H,27,29)(H,28,30). The van der Waals surface area contributed by atoms with Gasteiger partial charge in [0.1, 0.15) is 11.2 Å². The van der Waals surface area contributed by atoms with Crippen molar-refractivity contribution >= 4 is 23.6 Å². The molecule has 0 aliphatic carbocycles. The van der Waals surface area contributed by atoms with Gasteiger partial charge < -0.3 is 14.2 Å². The molecule has 0 aliphatic heterocycles. The van der Waals surface area contributed by atoms with Crippen LogP contribution in [0.25, 0.3) is 0 Å². The quantitative estimate of drug-likeness (QED) is 0.259. The Balaban J connectivity index is 2.81. The molecule has 0 fully saturated rings. The van der Waals surface area contributed by atoms with E-state index in [9.17, 15) is 14.0 Å². The van der Waals surface area contributed by atoms with E-state index in [1.165, 1.54) is 0 Å². The number of halogens is 1. The summed E-state index contributed by atoms with van der Waals surface area (Å²) < 4.78 is 28.4. The summed E-state index contributed by atoms with van der Waals surface area (Å²) >= 11 is 0. The van der Waals surface area contributed by atoms with Crippen LogP contribution in [-0.2, 0) is 9.47 Å². The number of carbonyl (C=O) groups excluding carboxylic acids is 2. The Morgan fingerprint density at radius 2 is 1.45 bits per heavy atom. The highest BCUT2D eigenvalue weighted by molar-refractivity contribution is 5.90. The lowest BCUT2D eigenvalue weighted by atomic mass is 10.1. The number of anilines is 2. The van der Waals surface area contributed by atoms with Gasteiger partial charge in [0.15, 0.2) is 5.75 Å². The van der Waals surface area contributed by atoms with E-state index in [0.717, 1.165) is 32.1 Å². The van der Waals surface area contributed by atoms with Gasteiger partial charge >= 0.3 is 12.2 Å². The number of alkyl halides is 1. The first-order valence-electron chi connectivity index (χ1n) is 11.4. The molecule has 33 heavy (non-hydrogen) atoms. The fourth-order valence-corrected chi connectivity index (χ4v) is 2.71. The zero-order chi connectivity index (χ0) is 24.9. The van der Waals surface area contributed by atoms with Gasteiger partial charge in [-0.05, 0) is 79.0 Å². The van der Waals surface area contributed by atoms with Crippen molar-refractivity contribution in [1.82, 2.24) is 0 Å². The van der Waals surface area contributed by atoms with Gasteiger partial charge in [0.2, 0.25) is 0 Å². The molecule has 0 saturated carbocycles. The average Bonchev–Trinajstić information content (AvgIpc) is 2.65. The lowest BCUT2D eigenvalue weighted by Crippen LogP contribution is -2.27. The van der Waals surface area contributed by atoms with Crippen LogP contribution in [0.5, 0.6) is 5.75 Å². The van der Waals surface area contributed by atoms with Crippen molar-refractivity contribution < 1.29 is 28.2 Å². The number of carbonyl (C=O) groups is 2. The van der Waals surface area contributed by atoms with Crippen LogP contribution < -0.4 is 15.4 Å². The minimum absolute atomic E-state index is 0.255. The number of hydrogen-bond donors (Lipinski definition) is 2. The van der Waals surface area contributed by atoms with Gasteiger partial charge in [0.25, 0.3) is 0 Å². The molecule has 0 atom stereocenters. The summed E-state index contributed by atoms with van der Waals surface area (Å²) in [6.07, 6.45) is 7.62. The first-order chi connectivity index (χ1) is 15.4. The predicted octanol–water partition coefficient (Wildman–Crippen LogP) is 7.58.